The summed E-state index contributed by atoms with van der Waals surface area (Å²) >= 11 is 0. The molecule has 1 aliphatic carbocycles. The van der Waals surface area contributed by atoms with Gasteiger partial charge in [0.1, 0.15) is 0 Å². The van der Waals surface area contributed by atoms with E-state index in [-0.39, 0.29) is 11.5 Å². The number of nitrogens with one attached hydrogen (secondary N) is 2. The first-order chi connectivity index (χ1) is 9.74. The fraction of sp³-hybridized carbons (Fsp3) is 0.600. The maximum absolute atomic E-state index is 12.6. The summed E-state index contributed by atoms with van der Waals surface area (Å²) in [6.07, 6.45) is 7.33. The Labute approximate surface area is 118 Å². The standard InChI is InChI=1S/C15H21N3O2/c19-14-7-4-11(9-17-14)15(20)18(13-5-6-13)10-12-3-1-2-8-16-12/h4,7,9,12-13,16H,1-3,5-6,8,10H2,(H,17,19). The lowest BCUT2D eigenvalue weighted by Crippen LogP contribution is -2.46. The van der Waals surface area contributed by atoms with Crippen LogP contribution in [0.25, 0.3) is 0 Å². The van der Waals surface area contributed by atoms with E-state index in [1.54, 1.807) is 6.07 Å². The second-order valence-corrected chi connectivity index (χ2v) is 5.78. The molecule has 20 heavy (non-hydrogen) atoms. The van der Waals surface area contributed by atoms with Crippen molar-refractivity contribution in [3.8, 4) is 0 Å². The van der Waals surface area contributed by atoms with Crippen LogP contribution in [0, 0.1) is 0 Å². The lowest BCUT2D eigenvalue weighted by molar-refractivity contribution is 0.0717. The molecule has 1 amide bonds. The number of hydrogen-bond acceptors (Lipinski definition) is 3. The van der Waals surface area contributed by atoms with Gasteiger partial charge in [-0.1, -0.05) is 6.42 Å². The molecular weight excluding hydrogens is 254 g/mol. The van der Waals surface area contributed by atoms with Crippen molar-refractivity contribution in [1.29, 1.82) is 0 Å². The van der Waals surface area contributed by atoms with Crippen molar-refractivity contribution in [2.75, 3.05) is 13.1 Å². The molecule has 0 spiro atoms. The number of amides is 1. The molecule has 1 atom stereocenters. The van der Waals surface area contributed by atoms with Gasteiger partial charge in [0.05, 0.1) is 5.56 Å². The summed E-state index contributed by atoms with van der Waals surface area (Å²) in [5, 5.41) is 3.50. The van der Waals surface area contributed by atoms with E-state index < -0.39 is 0 Å². The number of carbonyl (C=O) groups excluding carboxylic acids is 1. The molecule has 0 radical (unpaired) electrons. The van der Waals surface area contributed by atoms with Gasteiger partial charge < -0.3 is 15.2 Å². The summed E-state index contributed by atoms with van der Waals surface area (Å²) in [5.74, 6) is 0.0381. The summed E-state index contributed by atoms with van der Waals surface area (Å²) in [6.45, 7) is 1.83. The first-order valence-corrected chi connectivity index (χ1v) is 7.47. The van der Waals surface area contributed by atoms with E-state index >= 15 is 0 Å². The van der Waals surface area contributed by atoms with Gasteiger partial charge in [-0.2, -0.15) is 0 Å². The number of aromatic amines is 1. The largest absolute Gasteiger partial charge is 0.334 e. The summed E-state index contributed by atoms with van der Waals surface area (Å²) < 4.78 is 0. The number of piperidine rings is 1. The second-order valence-electron chi connectivity index (χ2n) is 5.78. The second kappa shape index (κ2) is 5.79. The molecule has 2 fully saturated rings. The minimum absolute atomic E-state index is 0.0381. The lowest BCUT2D eigenvalue weighted by atomic mass is 10.0. The topological polar surface area (TPSA) is 65.2 Å². The highest BCUT2D eigenvalue weighted by atomic mass is 16.2. The van der Waals surface area contributed by atoms with E-state index in [0.29, 0.717) is 17.6 Å². The third-order valence-electron chi connectivity index (χ3n) is 4.11. The smallest absolute Gasteiger partial charge is 0.255 e. The maximum Gasteiger partial charge on any atom is 0.255 e. The number of aromatic nitrogens is 1. The zero-order valence-electron chi connectivity index (χ0n) is 11.6. The highest BCUT2D eigenvalue weighted by Gasteiger charge is 2.34. The minimum atomic E-state index is -0.173. The van der Waals surface area contributed by atoms with E-state index in [0.717, 1.165) is 32.4 Å². The molecule has 5 heteroatoms. The number of rotatable bonds is 4. The van der Waals surface area contributed by atoms with Crippen LogP contribution in [0.2, 0.25) is 0 Å². The Morgan fingerprint density at radius 2 is 2.10 bits per heavy atom. The molecule has 0 aromatic carbocycles. The Morgan fingerprint density at radius 1 is 1.25 bits per heavy atom. The van der Waals surface area contributed by atoms with E-state index in [9.17, 15) is 9.59 Å². The summed E-state index contributed by atoms with van der Waals surface area (Å²) in [5.41, 5.74) is 0.403. The number of H-pyrrole nitrogens is 1. The molecule has 3 rings (SSSR count). The van der Waals surface area contributed by atoms with Gasteiger partial charge in [-0.05, 0) is 38.3 Å². The molecule has 108 valence electrons. The SMILES string of the molecule is O=C(c1ccc(=O)[nH]c1)N(CC1CCCCN1)C1CC1. The highest BCUT2D eigenvalue weighted by Crippen LogP contribution is 2.29. The average Bonchev–Trinajstić information content (AvgIpc) is 3.30. The van der Waals surface area contributed by atoms with Crippen molar-refractivity contribution in [2.45, 2.75) is 44.2 Å². The summed E-state index contributed by atoms with van der Waals surface area (Å²) in [7, 11) is 0. The lowest BCUT2D eigenvalue weighted by Gasteiger charge is -2.30. The molecule has 1 aromatic rings. The van der Waals surface area contributed by atoms with E-state index in [4.69, 9.17) is 0 Å². The fourth-order valence-electron chi connectivity index (χ4n) is 2.81. The quantitative estimate of drug-likeness (QED) is 0.865. The normalized spacial score (nSPS) is 22.5. The van der Waals surface area contributed by atoms with Crippen LogP contribution in [0.3, 0.4) is 0 Å². The number of pyridine rings is 1. The molecule has 0 bridgehead atoms. The number of nitrogens with zero attached hydrogens (tertiary/aromatic N) is 1. The molecule has 1 aliphatic heterocycles. The summed E-state index contributed by atoms with van der Waals surface area (Å²) in [4.78, 5) is 28.2. The minimum Gasteiger partial charge on any atom is -0.334 e. The van der Waals surface area contributed by atoms with Crippen LogP contribution in [0.1, 0.15) is 42.5 Å². The van der Waals surface area contributed by atoms with Crippen LogP contribution in [0.5, 0.6) is 0 Å². The predicted molar refractivity (Wildman–Crippen MR) is 76.8 cm³/mol. The Bertz CT molecular complexity index is 510. The van der Waals surface area contributed by atoms with Gasteiger partial charge in [0.15, 0.2) is 0 Å². The summed E-state index contributed by atoms with van der Waals surface area (Å²) in [6, 6.07) is 3.83. The molecule has 1 unspecified atom stereocenters. The average molecular weight is 275 g/mol. The zero-order chi connectivity index (χ0) is 13.9. The molecule has 2 aliphatic rings. The van der Waals surface area contributed by atoms with E-state index in [1.807, 2.05) is 4.90 Å². The van der Waals surface area contributed by atoms with Crippen molar-refractivity contribution < 1.29 is 4.79 Å². The van der Waals surface area contributed by atoms with Gasteiger partial charge in [-0.15, -0.1) is 0 Å². The third-order valence-corrected chi connectivity index (χ3v) is 4.11. The molecule has 2 heterocycles. The van der Waals surface area contributed by atoms with Crippen LogP contribution in [-0.4, -0.2) is 41.0 Å². The van der Waals surface area contributed by atoms with Crippen LogP contribution in [0.4, 0.5) is 0 Å². The predicted octanol–water partition coefficient (Wildman–Crippen LogP) is 1.12. The van der Waals surface area contributed by atoms with Crippen LogP contribution in [-0.2, 0) is 0 Å². The van der Waals surface area contributed by atoms with Crippen molar-refractivity contribution in [2.24, 2.45) is 0 Å². The van der Waals surface area contributed by atoms with Gasteiger partial charge in [0.25, 0.3) is 5.91 Å². The van der Waals surface area contributed by atoms with Gasteiger partial charge in [0.2, 0.25) is 5.56 Å². The first kappa shape index (κ1) is 13.4. The van der Waals surface area contributed by atoms with Gasteiger partial charge >= 0.3 is 0 Å². The van der Waals surface area contributed by atoms with Gasteiger partial charge in [-0.3, -0.25) is 9.59 Å². The third kappa shape index (κ3) is 3.10. The Kier molecular flexibility index (Phi) is 3.87. The van der Waals surface area contributed by atoms with Gasteiger partial charge in [-0.25, -0.2) is 0 Å². The van der Waals surface area contributed by atoms with Crippen molar-refractivity contribution in [3.63, 3.8) is 0 Å². The van der Waals surface area contributed by atoms with E-state index in [2.05, 4.69) is 10.3 Å². The van der Waals surface area contributed by atoms with Crippen LogP contribution < -0.4 is 10.9 Å². The van der Waals surface area contributed by atoms with E-state index in [1.165, 1.54) is 25.1 Å². The molecule has 2 N–H and O–H groups in total. The molecule has 1 saturated heterocycles. The fourth-order valence-corrected chi connectivity index (χ4v) is 2.81. The van der Waals surface area contributed by atoms with Crippen molar-refractivity contribution in [3.05, 3.63) is 34.2 Å². The van der Waals surface area contributed by atoms with Gasteiger partial charge in [0, 0.05) is 30.9 Å². The number of carbonyl (C=O) groups is 1. The Morgan fingerprint density at radius 3 is 2.70 bits per heavy atom. The Hall–Kier alpha value is -1.62. The zero-order valence-corrected chi connectivity index (χ0v) is 11.6. The van der Waals surface area contributed by atoms with Crippen molar-refractivity contribution >= 4 is 5.91 Å². The first-order valence-electron chi connectivity index (χ1n) is 7.47. The monoisotopic (exact) mass is 275 g/mol. The highest BCUT2D eigenvalue weighted by molar-refractivity contribution is 5.94. The molecule has 5 nitrogen and oxygen atoms in total. The molecule has 1 saturated carbocycles. The van der Waals surface area contributed by atoms with Crippen molar-refractivity contribution in [1.82, 2.24) is 15.2 Å². The number of hydrogen-bond donors (Lipinski definition) is 2. The van der Waals surface area contributed by atoms with Crippen LogP contribution >= 0.6 is 0 Å². The van der Waals surface area contributed by atoms with Crippen LogP contribution in [0.15, 0.2) is 23.1 Å². The molecular formula is C15H21N3O2. The molecule has 1 aromatic heterocycles. The maximum atomic E-state index is 12.6. The Balaban J connectivity index is 1.71.